The molecule has 150 valence electrons. The van der Waals surface area contributed by atoms with E-state index in [0.29, 0.717) is 6.42 Å². The summed E-state index contributed by atoms with van der Waals surface area (Å²) in [5.41, 5.74) is 0. The van der Waals surface area contributed by atoms with Crippen LogP contribution in [0.4, 0.5) is 0 Å². The Hall–Kier alpha value is -0.260. The normalized spacial score (nSPS) is 11.0. The van der Waals surface area contributed by atoms with Crippen LogP contribution in [0.1, 0.15) is 77.6 Å². The molecule has 0 aromatic carbocycles. The van der Waals surface area contributed by atoms with Crippen LogP contribution in [0.3, 0.4) is 0 Å². The summed E-state index contributed by atoms with van der Waals surface area (Å²) in [4.78, 5) is 10.9. The molecule has 0 N–H and O–H groups in total. The van der Waals surface area contributed by atoms with Gasteiger partial charge in [-0.25, -0.2) is 0 Å². The molecule has 0 unspecified atom stereocenters. The average molecular weight is 377 g/mol. The summed E-state index contributed by atoms with van der Waals surface area (Å²) in [5, 5.41) is 0. The van der Waals surface area contributed by atoms with Crippen molar-refractivity contribution in [1.82, 2.24) is 0 Å². The van der Waals surface area contributed by atoms with E-state index in [9.17, 15) is 4.79 Å². The van der Waals surface area contributed by atoms with Gasteiger partial charge in [-0.05, 0) is 19.3 Å². The molecule has 0 heterocycles. The van der Waals surface area contributed by atoms with Gasteiger partial charge in [-0.2, -0.15) is 11.8 Å². The summed E-state index contributed by atoms with van der Waals surface area (Å²) < 4.78 is 15.8. The second-order valence-electron chi connectivity index (χ2n) is 6.35. The number of hydrogen-bond acceptors (Lipinski definition) is 5. The molecule has 0 saturated heterocycles. The first-order chi connectivity index (χ1) is 12.3. The maximum absolute atomic E-state index is 10.9. The number of rotatable bonds is 20. The minimum absolute atomic E-state index is 0.131. The molecule has 0 fully saturated rings. The van der Waals surface area contributed by atoms with Crippen LogP contribution >= 0.6 is 11.8 Å². The Morgan fingerprint density at radius 2 is 1.24 bits per heavy atom. The first-order valence-corrected chi connectivity index (χ1v) is 11.3. The molecule has 0 bridgehead atoms. The van der Waals surface area contributed by atoms with Gasteiger partial charge in [0.1, 0.15) is 0 Å². The Morgan fingerprint density at radius 3 is 1.80 bits per heavy atom. The molecule has 0 aliphatic heterocycles. The first kappa shape index (κ1) is 24.7. The summed E-state index contributed by atoms with van der Waals surface area (Å²) in [5.74, 6) is 1.65. The lowest BCUT2D eigenvalue weighted by Gasteiger charge is -2.05. The highest BCUT2D eigenvalue weighted by Gasteiger charge is 1.99. The summed E-state index contributed by atoms with van der Waals surface area (Å²) in [7, 11) is 1.43. The highest BCUT2D eigenvalue weighted by molar-refractivity contribution is 7.99. The third-order valence-corrected chi connectivity index (χ3v) is 4.97. The highest BCUT2D eigenvalue weighted by Crippen LogP contribution is 2.09. The largest absolute Gasteiger partial charge is 0.469 e. The number of thioether (sulfide) groups is 1. The van der Waals surface area contributed by atoms with Crippen molar-refractivity contribution < 1.29 is 19.0 Å². The first-order valence-electron chi connectivity index (χ1n) is 10.1. The lowest BCUT2D eigenvalue weighted by atomic mass is 10.1. The number of methoxy groups -OCH3 is 1. The smallest absolute Gasteiger partial charge is 0.306 e. The molecule has 0 radical (unpaired) electrons. The Bertz CT molecular complexity index is 274. The van der Waals surface area contributed by atoms with Gasteiger partial charge in [0.2, 0.25) is 0 Å². The third kappa shape index (κ3) is 21.7. The maximum atomic E-state index is 10.9. The standard InChI is InChI=1S/C20H40O4S/c1-3-4-14-23-15-11-9-7-5-6-8-10-12-16-24-17-19-25-18-13-20(21)22-2/h3-19H2,1-2H3. The number of esters is 1. The summed E-state index contributed by atoms with van der Waals surface area (Å²) >= 11 is 1.75. The average Bonchev–Trinajstić information content (AvgIpc) is 2.63. The third-order valence-electron chi connectivity index (χ3n) is 4.02. The Morgan fingerprint density at radius 1 is 0.720 bits per heavy atom. The van der Waals surface area contributed by atoms with E-state index in [1.807, 2.05) is 0 Å². The summed E-state index contributed by atoms with van der Waals surface area (Å²) in [6.07, 6.45) is 13.2. The molecule has 0 aromatic heterocycles. The SMILES string of the molecule is CCCCOCCCCCCCCCCOCCSCCC(=O)OC. The molecule has 0 aliphatic rings. The van der Waals surface area contributed by atoms with Gasteiger partial charge in [0.05, 0.1) is 20.1 Å². The van der Waals surface area contributed by atoms with Gasteiger partial charge < -0.3 is 14.2 Å². The van der Waals surface area contributed by atoms with E-state index < -0.39 is 0 Å². The van der Waals surface area contributed by atoms with E-state index in [4.69, 9.17) is 9.47 Å². The van der Waals surface area contributed by atoms with Crippen LogP contribution in [0, 0.1) is 0 Å². The van der Waals surface area contributed by atoms with Crippen LogP contribution in [0.2, 0.25) is 0 Å². The molecule has 25 heavy (non-hydrogen) atoms. The van der Waals surface area contributed by atoms with Crippen LogP contribution in [-0.4, -0.2) is 51.0 Å². The van der Waals surface area contributed by atoms with Crippen molar-refractivity contribution in [3.8, 4) is 0 Å². The van der Waals surface area contributed by atoms with Crippen molar-refractivity contribution in [2.45, 2.75) is 77.6 Å². The van der Waals surface area contributed by atoms with E-state index >= 15 is 0 Å². The van der Waals surface area contributed by atoms with Gasteiger partial charge in [0.25, 0.3) is 0 Å². The van der Waals surface area contributed by atoms with E-state index in [1.54, 1.807) is 11.8 Å². The van der Waals surface area contributed by atoms with Crippen molar-refractivity contribution in [3.63, 3.8) is 0 Å². The fraction of sp³-hybridized carbons (Fsp3) is 0.950. The molecule has 0 aliphatic carbocycles. The van der Waals surface area contributed by atoms with Crippen LogP contribution in [0.5, 0.6) is 0 Å². The molecule has 0 atom stereocenters. The number of hydrogen-bond donors (Lipinski definition) is 0. The molecule has 0 amide bonds. The maximum Gasteiger partial charge on any atom is 0.306 e. The molecule has 5 heteroatoms. The van der Waals surface area contributed by atoms with Crippen LogP contribution in [0.25, 0.3) is 0 Å². The second-order valence-corrected chi connectivity index (χ2v) is 7.57. The van der Waals surface area contributed by atoms with Crippen LogP contribution in [-0.2, 0) is 19.0 Å². The topological polar surface area (TPSA) is 44.8 Å². The lowest BCUT2D eigenvalue weighted by molar-refractivity contribution is -0.140. The van der Waals surface area contributed by atoms with Crippen LogP contribution < -0.4 is 0 Å². The number of carbonyl (C=O) groups excluding carboxylic acids is 1. The van der Waals surface area contributed by atoms with Crippen molar-refractivity contribution >= 4 is 17.7 Å². The fourth-order valence-corrected chi connectivity index (χ4v) is 3.15. The van der Waals surface area contributed by atoms with Crippen molar-refractivity contribution in [2.24, 2.45) is 0 Å². The fourth-order valence-electron chi connectivity index (χ4n) is 2.40. The predicted octanol–water partition coefficient (Wildman–Crippen LogP) is 5.24. The number of ether oxygens (including phenoxy) is 3. The zero-order valence-electron chi connectivity index (χ0n) is 16.6. The van der Waals surface area contributed by atoms with E-state index in [1.165, 1.54) is 64.9 Å². The van der Waals surface area contributed by atoms with Crippen molar-refractivity contribution in [3.05, 3.63) is 0 Å². The molecule has 0 spiro atoms. The minimum atomic E-state index is -0.131. The van der Waals surface area contributed by atoms with E-state index in [-0.39, 0.29) is 5.97 Å². The lowest BCUT2D eigenvalue weighted by Crippen LogP contribution is -2.03. The molecular weight excluding hydrogens is 336 g/mol. The quantitative estimate of drug-likeness (QED) is 0.215. The molecule has 4 nitrogen and oxygen atoms in total. The minimum Gasteiger partial charge on any atom is -0.469 e. The molecule has 0 rings (SSSR count). The Labute approximate surface area is 159 Å². The van der Waals surface area contributed by atoms with Crippen LogP contribution in [0.15, 0.2) is 0 Å². The summed E-state index contributed by atoms with van der Waals surface area (Å²) in [6.45, 7) is 5.73. The number of unbranched alkanes of at least 4 members (excludes halogenated alkanes) is 8. The van der Waals surface area contributed by atoms with Crippen molar-refractivity contribution in [2.75, 3.05) is 45.0 Å². The molecule has 0 saturated carbocycles. The van der Waals surface area contributed by atoms with Crippen molar-refractivity contribution in [1.29, 1.82) is 0 Å². The molecular formula is C20H40O4S. The van der Waals surface area contributed by atoms with Gasteiger partial charge >= 0.3 is 5.97 Å². The predicted molar refractivity (Wildman–Crippen MR) is 107 cm³/mol. The monoisotopic (exact) mass is 376 g/mol. The highest BCUT2D eigenvalue weighted by atomic mass is 32.2. The van der Waals surface area contributed by atoms with Gasteiger partial charge in [0, 0.05) is 31.3 Å². The van der Waals surface area contributed by atoms with Gasteiger partial charge in [-0.15, -0.1) is 0 Å². The van der Waals surface area contributed by atoms with Gasteiger partial charge in [-0.1, -0.05) is 51.9 Å². The van der Waals surface area contributed by atoms with E-state index in [2.05, 4.69) is 11.7 Å². The Kier molecular flexibility index (Phi) is 21.6. The second kappa shape index (κ2) is 21.8. The zero-order chi connectivity index (χ0) is 18.4. The Balaban J connectivity index is 2.99. The van der Waals surface area contributed by atoms with E-state index in [0.717, 1.165) is 44.4 Å². The summed E-state index contributed by atoms with van der Waals surface area (Å²) in [6, 6.07) is 0. The zero-order valence-corrected chi connectivity index (χ0v) is 17.4. The van der Waals surface area contributed by atoms with Gasteiger partial charge in [0.15, 0.2) is 0 Å². The molecule has 0 aromatic rings. The number of carbonyl (C=O) groups is 1. The van der Waals surface area contributed by atoms with Gasteiger partial charge in [-0.3, -0.25) is 4.79 Å².